The number of benzene rings is 2. The van der Waals surface area contributed by atoms with Crippen molar-refractivity contribution in [3.8, 4) is 5.75 Å². The van der Waals surface area contributed by atoms with Gasteiger partial charge in [-0.05, 0) is 49.4 Å². The number of rotatable bonds is 6. The Morgan fingerprint density at radius 2 is 1.73 bits per heavy atom. The largest absolute Gasteiger partial charge is 0.488 e. The monoisotopic (exact) mass is 295 g/mol. The molecule has 0 aliphatic rings. The molecular formula is C20H25NO. The van der Waals surface area contributed by atoms with Crippen molar-refractivity contribution in [3.05, 3.63) is 76.9 Å². The van der Waals surface area contributed by atoms with Crippen LogP contribution in [0, 0.1) is 13.8 Å². The van der Waals surface area contributed by atoms with Crippen molar-refractivity contribution in [2.45, 2.75) is 39.8 Å². The molecule has 0 unspecified atom stereocenters. The van der Waals surface area contributed by atoms with E-state index in [4.69, 9.17) is 10.5 Å². The summed E-state index contributed by atoms with van der Waals surface area (Å²) in [5.41, 5.74) is 11.9. The fraction of sp³-hybridized carbons (Fsp3) is 0.300. The summed E-state index contributed by atoms with van der Waals surface area (Å²) in [4.78, 5) is 0. The minimum absolute atomic E-state index is 0.00178. The van der Waals surface area contributed by atoms with E-state index >= 15 is 0 Å². The lowest BCUT2D eigenvalue weighted by Gasteiger charge is -2.18. The van der Waals surface area contributed by atoms with Gasteiger partial charge in [0.25, 0.3) is 0 Å². The van der Waals surface area contributed by atoms with E-state index in [2.05, 4.69) is 44.7 Å². The summed E-state index contributed by atoms with van der Waals surface area (Å²) < 4.78 is 6.01. The van der Waals surface area contributed by atoms with Crippen LogP contribution in [-0.4, -0.2) is 0 Å². The van der Waals surface area contributed by atoms with Crippen LogP contribution in [0.4, 0.5) is 0 Å². The number of aryl methyl sites for hydroxylation is 2. The van der Waals surface area contributed by atoms with Gasteiger partial charge in [-0.2, -0.15) is 0 Å². The molecule has 116 valence electrons. The van der Waals surface area contributed by atoms with Crippen molar-refractivity contribution in [1.29, 1.82) is 0 Å². The molecule has 0 aliphatic carbocycles. The highest BCUT2D eigenvalue weighted by Gasteiger charge is 2.12. The van der Waals surface area contributed by atoms with Crippen LogP contribution in [0.2, 0.25) is 0 Å². The molecule has 0 radical (unpaired) electrons. The summed E-state index contributed by atoms with van der Waals surface area (Å²) in [7, 11) is 0. The summed E-state index contributed by atoms with van der Waals surface area (Å²) in [5, 5.41) is 0. The lowest BCUT2D eigenvalue weighted by molar-refractivity contribution is 0.302. The molecule has 1 atom stereocenters. The van der Waals surface area contributed by atoms with E-state index in [0.29, 0.717) is 6.61 Å². The fourth-order valence-electron chi connectivity index (χ4n) is 2.65. The Kier molecular flexibility index (Phi) is 5.40. The van der Waals surface area contributed by atoms with Crippen LogP contribution < -0.4 is 10.5 Å². The molecule has 2 N–H and O–H groups in total. The van der Waals surface area contributed by atoms with Crippen molar-refractivity contribution in [2.75, 3.05) is 0 Å². The smallest absolute Gasteiger partial charge is 0.125 e. The molecule has 0 aliphatic heterocycles. The molecule has 2 aromatic rings. The van der Waals surface area contributed by atoms with Gasteiger partial charge in [-0.3, -0.25) is 0 Å². The van der Waals surface area contributed by atoms with E-state index < -0.39 is 0 Å². The van der Waals surface area contributed by atoms with Crippen molar-refractivity contribution in [2.24, 2.45) is 5.73 Å². The topological polar surface area (TPSA) is 35.2 Å². The zero-order valence-corrected chi connectivity index (χ0v) is 13.7. The molecule has 2 heteroatoms. The molecule has 0 aromatic heterocycles. The summed E-state index contributed by atoms with van der Waals surface area (Å²) in [6, 6.07) is 14.5. The average molecular weight is 295 g/mol. The fourth-order valence-corrected chi connectivity index (χ4v) is 2.65. The first-order valence-corrected chi connectivity index (χ1v) is 7.65. The quantitative estimate of drug-likeness (QED) is 0.773. The van der Waals surface area contributed by atoms with Gasteiger partial charge in [-0.25, -0.2) is 0 Å². The predicted molar refractivity (Wildman–Crippen MR) is 93.0 cm³/mol. The van der Waals surface area contributed by atoms with Crippen LogP contribution >= 0.6 is 0 Å². The Morgan fingerprint density at radius 3 is 2.27 bits per heavy atom. The Morgan fingerprint density at radius 1 is 1.14 bits per heavy atom. The van der Waals surface area contributed by atoms with E-state index in [9.17, 15) is 0 Å². The van der Waals surface area contributed by atoms with Crippen LogP contribution in [0.1, 0.15) is 41.6 Å². The zero-order chi connectivity index (χ0) is 16.1. The maximum atomic E-state index is 6.25. The molecule has 0 fully saturated rings. The van der Waals surface area contributed by atoms with Gasteiger partial charge in [0.1, 0.15) is 12.4 Å². The van der Waals surface area contributed by atoms with Crippen LogP contribution in [0.5, 0.6) is 5.75 Å². The number of hydrogen-bond donors (Lipinski definition) is 1. The molecule has 2 nitrogen and oxygen atoms in total. The summed E-state index contributed by atoms with van der Waals surface area (Å²) in [6.45, 7) is 10.7. The van der Waals surface area contributed by atoms with E-state index in [0.717, 1.165) is 34.4 Å². The van der Waals surface area contributed by atoms with E-state index in [-0.39, 0.29) is 6.04 Å². The first-order chi connectivity index (χ1) is 10.5. The Labute approximate surface area is 133 Å². The number of ether oxygens (including phenoxy) is 1. The molecule has 0 spiro atoms. The molecule has 0 bridgehead atoms. The average Bonchev–Trinajstić information content (AvgIpc) is 2.46. The van der Waals surface area contributed by atoms with Crippen LogP contribution in [0.3, 0.4) is 0 Å². The Balaban J connectivity index is 2.14. The van der Waals surface area contributed by atoms with E-state index in [1.54, 1.807) is 0 Å². The molecule has 0 saturated carbocycles. The summed E-state index contributed by atoms with van der Waals surface area (Å²) in [5.74, 6) is 0.954. The maximum absolute atomic E-state index is 6.25. The predicted octanol–water partition coefficient (Wildman–Crippen LogP) is 4.85. The minimum atomic E-state index is -0.00178. The van der Waals surface area contributed by atoms with Crippen molar-refractivity contribution < 1.29 is 4.74 Å². The van der Waals surface area contributed by atoms with Crippen LogP contribution in [0.15, 0.2) is 54.6 Å². The molecule has 2 rings (SSSR count). The highest BCUT2D eigenvalue weighted by Crippen LogP contribution is 2.29. The third-order valence-corrected chi connectivity index (χ3v) is 3.71. The summed E-state index contributed by atoms with van der Waals surface area (Å²) in [6.07, 6.45) is 0.809. The van der Waals surface area contributed by atoms with E-state index in [1.807, 2.05) is 25.1 Å². The molecular weight excluding hydrogens is 270 g/mol. The van der Waals surface area contributed by atoms with Crippen molar-refractivity contribution in [1.82, 2.24) is 0 Å². The lowest BCUT2D eigenvalue weighted by Crippen LogP contribution is -2.11. The minimum Gasteiger partial charge on any atom is -0.488 e. The highest BCUT2D eigenvalue weighted by molar-refractivity contribution is 5.44. The second kappa shape index (κ2) is 7.28. The zero-order valence-electron chi connectivity index (χ0n) is 13.7. The standard InChI is InChI=1S/C20H25NO/c1-14(2)10-19(21)18-11-15(3)20(16(4)12-18)22-13-17-8-6-5-7-9-17/h5-9,11-12,19H,1,10,13,21H2,2-4H3/t19-/m0/s1. The van der Waals surface area contributed by atoms with Gasteiger partial charge in [-0.15, -0.1) is 6.58 Å². The van der Waals surface area contributed by atoms with Gasteiger partial charge in [0.15, 0.2) is 0 Å². The molecule has 0 heterocycles. The third kappa shape index (κ3) is 4.22. The van der Waals surface area contributed by atoms with Crippen LogP contribution in [-0.2, 0) is 6.61 Å². The van der Waals surface area contributed by atoms with Gasteiger partial charge < -0.3 is 10.5 Å². The molecule has 0 amide bonds. The third-order valence-electron chi connectivity index (χ3n) is 3.71. The number of hydrogen-bond acceptors (Lipinski definition) is 2. The summed E-state index contributed by atoms with van der Waals surface area (Å²) >= 11 is 0. The van der Waals surface area contributed by atoms with Gasteiger partial charge in [0.2, 0.25) is 0 Å². The maximum Gasteiger partial charge on any atom is 0.125 e. The second-order valence-corrected chi connectivity index (χ2v) is 6.03. The lowest BCUT2D eigenvalue weighted by atomic mass is 9.97. The normalized spacial score (nSPS) is 12.0. The Hall–Kier alpha value is -2.06. The van der Waals surface area contributed by atoms with E-state index in [1.165, 1.54) is 5.56 Å². The van der Waals surface area contributed by atoms with Crippen LogP contribution in [0.25, 0.3) is 0 Å². The molecule has 2 aromatic carbocycles. The SMILES string of the molecule is C=C(C)C[C@H](N)c1cc(C)c(OCc2ccccc2)c(C)c1. The van der Waals surface area contributed by atoms with Gasteiger partial charge in [0, 0.05) is 6.04 Å². The second-order valence-electron chi connectivity index (χ2n) is 6.03. The molecule has 0 saturated heterocycles. The Bertz CT molecular complexity index is 623. The first-order valence-electron chi connectivity index (χ1n) is 7.65. The first kappa shape index (κ1) is 16.3. The van der Waals surface area contributed by atoms with Crippen molar-refractivity contribution in [3.63, 3.8) is 0 Å². The molecule has 22 heavy (non-hydrogen) atoms. The van der Waals surface area contributed by atoms with Gasteiger partial charge in [-0.1, -0.05) is 48.0 Å². The highest BCUT2D eigenvalue weighted by atomic mass is 16.5. The van der Waals surface area contributed by atoms with Gasteiger partial charge >= 0.3 is 0 Å². The number of nitrogens with two attached hydrogens (primary N) is 1. The van der Waals surface area contributed by atoms with Crippen molar-refractivity contribution >= 4 is 0 Å². The van der Waals surface area contributed by atoms with Gasteiger partial charge in [0.05, 0.1) is 0 Å².